The maximum Gasteiger partial charge on any atom is 0.169 e. The fraction of sp³-hybridized carbons (Fsp3) is 0.0182. The van der Waals surface area contributed by atoms with E-state index in [0.717, 1.165) is 88.9 Å². The molecule has 3 heterocycles. The third kappa shape index (κ3) is 5.98. The summed E-state index contributed by atoms with van der Waals surface area (Å²) in [6.45, 7) is 0. The van der Waals surface area contributed by atoms with E-state index in [1.165, 1.54) is 25.7 Å². The second-order valence-corrected chi connectivity index (χ2v) is 16.5. The number of rotatable bonds is 6. The van der Waals surface area contributed by atoms with Crippen LogP contribution in [0.2, 0.25) is 0 Å². The number of hydrogen-bond acceptors (Lipinski definition) is 5. The van der Waals surface area contributed by atoms with Crippen LogP contribution in [0.5, 0.6) is 0 Å². The highest BCUT2D eigenvalue weighted by Gasteiger charge is 2.23. The van der Waals surface area contributed by atoms with Crippen molar-refractivity contribution in [3.05, 3.63) is 217 Å². The SMILES string of the molecule is c1ccc(-c2cccc(C3=NC(c4ccc5cc(-c6cc(-c7ccccc7)cc7oc8ccccc8c67)ccc5c4)N=C(c4ccc5c(c4)sc4ccccc45)N3)c2)cc1. The number of fused-ring (bicyclic) bond motifs is 7. The Hall–Kier alpha value is -7.60. The van der Waals surface area contributed by atoms with Crippen LogP contribution < -0.4 is 5.32 Å². The summed E-state index contributed by atoms with van der Waals surface area (Å²) in [5.41, 5.74) is 11.7. The third-order valence-corrected chi connectivity index (χ3v) is 12.8. The van der Waals surface area contributed by atoms with Gasteiger partial charge in [0.2, 0.25) is 0 Å². The first kappa shape index (κ1) is 34.4. The molecule has 11 aromatic rings. The van der Waals surface area contributed by atoms with Gasteiger partial charge in [0.1, 0.15) is 22.8 Å². The third-order valence-electron chi connectivity index (χ3n) is 11.7. The van der Waals surface area contributed by atoms with E-state index in [2.05, 4.69) is 193 Å². The Morgan fingerprint density at radius 1 is 0.400 bits per heavy atom. The second-order valence-electron chi connectivity index (χ2n) is 15.4. The zero-order valence-corrected chi connectivity index (χ0v) is 33.2. The highest BCUT2D eigenvalue weighted by molar-refractivity contribution is 7.25. The number of hydrogen-bond donors (Lipinski definition) is 1. The van der Waals surface area contributed by atoms with Crippen molar-refractivity contribution < 1.29 is 4.42 Å². The maximum atomic E-state index is 6.46. The van der Waals surface area contributed by atoms with E-state index in [1.807, 2.05) is 23.5 Å². The van der Waals surface area contributed by atoms with Crippen molar-refractivity contribution in [2.24, 2.45) is 9.98 Å². The summed E-state index contributed by atoms with van der Waals surface area (Å²) in [4.78, 5) is 10.6. The van der Waals surface area contributed by atoms with Crippen LogP contribution in [0.4, 0.5) is 0 Å². The molecule has 60 heavy (non-hydrogen) atoms. The van der Waals surface area contributed by atoms with Crippen molar-refractivity contribution in [3.63, 3.8) is 0 Å². The minimum atomic E-state index is -0.446. The number of thiophene rings is 1. The van der Waals surface area contributed by atoms with Crippen LogP contribution in [-0.4, -0.2) is 11.7 Å². The van der Waals surface area contributed by atoms with Crippen molar-refractivity contribution in [3.8, 4) is 33.4 Å². The lowest BCUT2D eigenvalue weighted by atomic mass is 9.93. The molecule has 1 unspecified atom stereocenters. The van der Waals surface area contributed by atoms with Crippen molar-refractivity contribution in [1.29, 1.82) is 0 Å². The Kier molecular flexibility index (Phi) is 8.06. The number of amidine groups is 2. The Labute approximate surface area is 350 Å². The van der Waals surface area contributed by atoms with E-state index in [-0.39, 0.29) is 0 Å². The number of benzene rings is 9. The second kappa shape index (κ2) is 14.0. The molecule has 0 spiro atoms. The maximum absolute atomic E-state index is 6.46. The van der Waals surface area contributed by atoms with Crippen LogP contribution in [0.3, 0.4) is 0 Å². The normalized spacial score (nSPS) is 14.2. The summed E-state index contributed by atoms with van der Waals surface area (Å²) >= 11 is 1.82. The number of para-hydroxylation sites is 1. The molecule has 0 bridgehead atoms. The summed E-state index contributed by atoms with van der Waals surface area (Å²) in [7, 11) is 0. The van der Waals surface area contributed by atoms with Crippen molar-refractivity contribution in [1.82, 2.24) is 5.32 Å². The molecule has 1 aliphatic rings. The van der Waals surface area contributed by atoms with Crippen LogP contribution in [0.25, 0.3) is 86.3 Å². The van der Waals surface area contributed by atoms with Gasteiger partial charge >= 0.3 is 0 Å². The van der Waals surface area contributed by atoms with Crippen LogP contribution in [-0.2, 0) is 0 Å². The molecular weight excluding hydrogens is 751 g/mol. The molecule has 2 aromatic heterocycles. The first-order valence-corrected chi connectivity index (χ1v) is 21.1. The van der Waals surface area contributed by atoms with E-state index in [1.54, 1.807) is 0 Å². The largest absolute Gasteiger partial charge is 0.456 e. The predicted octanol–water partition coefficient (Wildman–Crippen LogP) is 14.6. The minimum absolute atomic E-state index is 0.446. The standard InChI is InChI=1S/C55H35N3OS/c1-3-12-34(13-4-1)36-16-11-17-40(29-36)53-56-54(58-55(57-53)42-26-27-45-44-18-8-10-21-50(44)60-51(45)33-42)41-25-23-37-28-39(24-22-38(37)30-41)47-31-43(35-14-5-2-6-15-35)32-49-52(47)46-19-7-9-20-48(46)59-49/h1-33,54H,(H,56,57,58). The van der Waals surface area contributed by atoms with Gasteiger partial charge in [-0.05, 0) is 98.2 Å². The lowest BCUT2D eigenvalue weighted by Gasteiger charge is -2.23. The molecule has 0 aliphatic carbocycles. The van der Waals surface area contributed by atoms with Gasteiger partial charge in [-0.3, -0.25) is 0 Å². The van der Waals surface area contributed by atoms with E-state index < -0.39 is 6.17 Å². The Bertz CT molecular complexity index is 3530. The number of furan rings is 1. The van der Waals surface area contributed by atoms with Gasteiger partial charge in [-0.25, -0.2) is 9.98 Å². The van der Waals surface area contributed by atoms with Gasteiger partial charge in [0, 0.05) is 42.1 Å². The average Bonchev–Trinajstić information content (AvgIpc) is 3.89. The molecule has 1 atom stereocenters. The van der Waals surface area contributed by atoms with E-state index >= 15 is 0 Å². The van der Waals surface area contributed by atoms with Crippen LogP contribution >= 0.6 is 11.3 Å². The fourth-order valence-corrected chi connectivity index (χ4v) is 9.86. The lowest BCUT2D eigenvalue weighted by Crippen LogP contribution is -2.36. The quantitative estimate of drug-likeness (QED) is 0.183. The molecule has 4 nitrogen and oxygen atoms in total. The van der Waals surface area contributed by atoms with Crippen LogP contribution in [0.1, 0.15) is 22.9 Å². The van der Waals surface area contributed by atoms with Crippen LogP contribution in [0.15, 0.2) is 215 Å². The topological polar surface area (TPSA) is 49.9 Å². The van der Waals surface area contributed by atoms with Gasteiger partial charge in [0.25, 0.3) is 0 Å². The Morgan fingerprint density at radius 3 is 1.87 bits per heavy atom. The van der Waals surface area contributed by atoms with Gasteiger partial charge in [-0.2, -0.15) is 0 Å². The fourth-order valence-electron chi connectivity index (χ4n) is 8.71. The zero-order chi connectivity index (χ0) is 39.6. The monoisotopic (exact) mass is 785 g/mol. The first-order valence-electron chi connectivity index (χ1n) is 20.2. The number of aliphatic imine (C=N–C) groups is 2. The number of nitrogens with zero attached hydrogens (tertiary/aromatic N) is 2. The first-order chi connectivity index (χ1) is 29.7. The van der Waals surface area contributed by atoms with Crippen molar-refractivity contribution in [2.75, 3.05) is 0 Å². The molecule has 0 fully saturated rings. The summed E-state index contributed by atoms with van der Waals surface area (Å²) in [6.07, 6.45) is -0.446. The summed E-state index contributed by atoms with van der Waals surface area (Å²) in [5, 5.41) is 10.7. The Morgan fingerprint density at radius 2 is 1.03 bits per heavy atom. The molecule has 9 aromatic carbocycles. The van der Waals surface area contributed by atoms with Gasteiger partial charge in [0.05, 0.1) is 0 Å². The summed E-state index contributed by atoms with van der Waals surface area (Å²) < 4.78 is 8.98. The molecule has 282 valence electrons. The molecule has 0 saturated carbocycles. The molecule has 1 N–H and O–H groups in total. The smallest absolute Gasteiger partial charge is 0.169 e. The molecule has 1 aliphatic heterocycles. The molecule has 0 radical (unpaired) electrons. The highest BCUT2D eigenvalue weighted by atomic mass is 32.1. The number of nitrogens with one attached hydrogen (secondary N) is 1. The highest BCUT2D eigenvalue weighted by Crippen LogP contribution is 2.41. The van der Waals surface area contributed by atoms with Gasteiger partial charge in [0.15, 0.2) is 6.17 Å². The molecule has 5 heteroatoms. The van der Waals surface area contributed by atoms with Crippen molar-refractivity contribution >= 4 is 75.9 Å². The zero-order valence-electron chi connectivity index (χ0n) is 32.3. The van der Waals surface area contributed by atoms with E-state index in [0.29, 0.717) is 0 Å². The van der Waals surface area contributed by atoms with Crippen LogP contribution in [0, 0.1) is 0 Å². The van der Waals surface area contributed by atoms with Gasteiger partial charge in [-0.1, -0.05) is 152 Å². The van der Waals surface area contributed by atoms with E-state index in [4.69, 9.17) is 14.4 Å². The minimum Gasteiger partial charge on any atom is -0.456 e. The average molecular weight is 786 g/mol. The lowest BCUT2D eigenvalue weighted by molar-refractivity contribution is 0.669. The van der Waals surface area contributed by atoms with Crippen molar-refractivity contribution in [2.45, 2.75) is 6.17 Å². The Balaban J connectivity index is 0.968. The molecule has 0 amide bonds. The van der Waals surface area contributed by atoms with Gasteiger partial charge < -0.3 is 9.73 Å². The summed E-state index contributed by atoms with van der Waals surface area (Å²) in [5.74, 6) is 1.60. The molecule has 0 saturated heterocycles. The molecular formula is C55H35N3OS. The molecule has 12 rings (SSSR count). The summed E-state index contributed by atoms with van der Waals surface area (Å²) in [6, 6.07) is 71.1. The van der Waals surface area contributed by atoms with E-state index in [9.17, 15) is 0 Å². The van der Waals surface area contributed by atoms with Gasteiger partial charge in [-0.15, -0.1) is 11.3 Å². The predicted molar refractivity (Wildman–Crippen MR) is 252 cm³/mol.